The summed E-state index contributed by atoms with van der Waals surface area (Å²) < 4.78 is 10.7. The van der Waals surface area contributed by atoms with E-state index in [1.165, 1.54) is 0 Å². The van der Waals surface area contributed by atoms with Crippen molar-refractivity contribution in [3.05, 3.63) is 59.2 Å². The third-order valence-electron chi connectivity index (χ3n) is 4.32. The van der Waals surface area contributed by atoms with E-state index in [0.717, 1.165) is 34.6 Å². The Balaban J connectivity index is 2.08. The highest BCUT2D eigenvalue weighted by molar-refractivity contribution is 5.43. The van der Waals surface area contributed by atoms with Crippen LogP contribution in [0.1, 0.15) is 42.2 Å². The lowest BCUT2D eigenvalue weighted by Crippen LogP contribution is -2.26. The van der Waals surface area contributed by atoms with E-state index < -0.39 is 6.10 Å². The maximum absolute atomic E-state index is 10.5. The zero-order chi connectivity index (χ0) is 17.5. The van der Waals surface area contributed by atoms with Gasteiger partial charge in [-0.3, -0.25) is 0 Å². The normalized spacial score (nSPS) is 13.4. The number of hydrogen-bond donors (Lipinski definition) is 2. The number of aliphatic hydroxyl groups is 1. The zero-order valence-corrected chi connectivity index (χ0v) is 14.9. The molecule has 130 valence electrons. The Morgan fingerprint density at radius 1 is 1.04 bits per heavy atom. The largest absolute Gasteiger partial charge is 0.493 e. The van der Waals surface area contributed by atoms with Crippen molar-refractivity contribution in [3.63, 3.8) is 0 Å². The molecule has 0 saturated heterocycles. The molecule has 0 aliphatic heterocycles. The van der Waals surface area contributed by atoms with Crippen molar-refractivity contribution < 1.29 is 14.6 Å². The summed E-state index contributed by atoms with van der Waals surface area (Å²) in [5, 5.41) is 13.9. The van der Waals surface area contributed by atoms with Crippen LogP contribution in [0.25, 0.3) is 0 Å². The van der Waals surface area contributed by atoms with Gasteiger partial charge in [-0.2, -0.15) is 0 Å². The lowest BCUT2D eigenvalue weighted by Gasteiger charge is -2.22. The average Bonchev–Trinajstić information content (AvgIpc) is 2.62. The summed E-state index contributed by atoms with van der Waals surface area (Å²) in [5.74, 6) is 1.44. The fourth-order valence-electron chi connectivity index (χ4n) is 2.89. The van der Waals surface area contributed by atoms with Crippen molar-refractivity contribution in [2.75, 3.05) is 20.8 Å². The molecule has 0 fully saturated rings. The maximum Gasteiger partial charge on any atom is 0.161 e. The number of methoxy groups -OCH3 is 2. The minimum absolute atomic E-state index is 0.142. The Hall–Kier alpha value is -2.04. The molecule has 0 amide bonds. The Morgan fingerprint density at radius 3 is 2.38 bits per heavy atom. The molecule has 0 saturated carbocycles. The third kappa shape index (κ3) is 4.28. The standard InChI is InChI=1S/C20H27NO3/c1-5-17(15-10-11-19(23-3)20(12-15)24-4)21-13-18(22)16-9-7-6-8-14(16)2/h6-12,17-18,21-22H,5,13H2,1-4H3. The van der Waals surface area contributed by atoms with Gasteiger partial charge in [0.1, 0.15) is 0 Å². The number of benzene rings is 2. The predicted octanol–water partition coefficient (Wildman–Crippen LogP) is 3.79. The van der Waals surface area contributed by atoms with Crippen LogP contribution in [0.2, 0.25) is 0 Å². The fraction of sp³-hybridized carbons (Fsp3) is 0.400. The van der Waals surface area contributed by atoms with Gasteiger partial charge in [-0.15, -0.1) is 0 Å². The molecule has 2 aromatic rings. The van der Waals surface area contributed by atoms with Gasteiger partial charge in [-0.1, -0.05) is 37.3 Å². The summed E-state index contributed by atoms with van der Waals surface area (Å²) in [5.41, 5.74) is 3.19. The molecule has 2 aromatic carbocycles. The van der Waals surface area contributed by atoms with Crippen molar-refractivity contribution in [1.82, 2.24) is 5.32 Å². The van der Waals surface area contributed by atoms with E-state index in [9.17, 15) is 5.11 Å². The highest BCUT2D eigenvalue weighted by atomic mass is 16.5. The molecule has 0 heterocycles. The van der Waals surface area contributed by atoms with Crippen LogP contribution in [0.15, 0.2) is 42.5 Å². The minimum Gasteiger partial charge on any atom is -0.493 e. The van der Waals surface area contributed by atoms with Crippen LogP contribution in [0.3, 0.4) is 0 Å². The monoisotopic (exact) mass is 329 g/mol. The van der Waals surface area contributed by atoms with E-state index in [1.807, 2.05) is 49.4 Å². The number of aryl methyl sites for hydroxylation is 1. The Bertz CT molecular complexity index is 657. The highest BCUT2D eigenvalue weighted by Crippen LogP contribution is 2.31. The van der Waals surface area contributed by atoms with Crippen LogP contribution in [0.4, 0.5) is 0 Å². The highest BCUT2D eigenvalue weighted by Gasteiger charge is 2.15. The SMILES string of the molecule is CCC(NCC(O)c1ccccc1C)c1ccc(OC)c(OC)c1. The van der Waals surface area contributed by atoms with Crippen molar-refractivity contribution in [2.24, 2.45) is 0 Å². The quantitative estimate of drug-likeness (QED) is 0.774. The molecule has 2 rings (SSSR count). The van der Waals surface area contributed by atoms with Gasteiger partial charge in [0.15, 0.2) is 11.5 Å². The maximum atomic E-state index is 10.5. The molecule has 0 aliphatic carbocycles. The first kappa shape index (κ1) is 18.3. The van der Waals surface area contributed by atoms with Gasteiger partial charge in [0.2, 0.25) is 0 Å². The number of aliphatic hydroxyl groups excluding tert-OH is 1. The van der Waals surface area contributed by atoms with Gasteiger partial charge in [-0.25, -0.2) is 0 Å². The lowest BCUT2D eigenvalue weighted by atomic mass is 10.0. The van der Waals surface area contributed by atoms with Crippen molar-refractivity contribution in [2.45, 2.75) is 32.4 Å². The topological polar surface area (TPSA) is 50.7 Å². The molecule has 0 bridgehead atoms. The van der Waals surface area contributed by atoms with Crippen LogP contribution in [-0.4, -0.2) is 25.9 Å². The first-order valence-corrected chi connectivity index (χ1v) is 8.29. The second-order valence-corrected chi connectivity index (χ2v) is 5.86. The predicted molar refractivity (Wildman–Crippen MR) is 96.7 cm³/mol. The molecule has 2 N–H and O–H groups in total. The molecular formula is C20H27NO3. The zero-order valence-electron chi connectivity index (χ0n) is 14.9. The van der Waals surface area contributed by atoms with Gasteiger partial charge in [0.05, 0.1) is 20.3 Å². The summed E-state index contributed by atoms with van der Waals surface area (Å²) in [7, 11) is 3.27. The van der Waals surface area contributed by atoms with Crippen molar-refractivity contribution in [3.8, 4) is 11.5 Å². The first-order valence-electron chi connectivity index (χ1n) is 8.29. The number of hydrogen-bond acceptors (Lipinski definition) is 4. The van der Waals surface area contributed by atoms with Crippen molar-refractivity contribution >= 4 is 0 Å². The minimum atomic E-state index is -0.527. The third-order valence-corrected chi connectivity index (χ3v) is 4.32. The Morgan fingerprint density at radius 2 is 1.75 bits per heavy atom. The number of nitrogens with one attached hydrogen (secondary N) is 1. The van der Waals surface area contributed by atoms with Gasteiger partial charge >= 0.3 is 0 Å². The fourth-order valence-corrected chi connectivity index (χ4v) is 2.89. The van der Waals surface area contributed by atoms with Crippen LogP contribution < -0.4 is 14.8 Å². The van der Waals surface area contributed by atoms with Crippen LogP contribution in [0, 0.1) is 6.92 Å². The van der Waals surface area contributed by atoms with Crippen molar-refractivity contribution in [1.29, 1.82) is 0 Å². The molecule has 24 heavy (non-hydrogen) atoms. The van der Waals surface area contributed by atoms with Gasteiger partial charge in [0, 0.05) is 12.6 Å². The second kappa shape index (κ2) is 8.71. The molecule has 0 radical (unpaired) electrons. The van der Waals surface area contributed by atoms with E-state index in [4.69, 9.17) is 9.47 Å². The summed E-state index contributed by atoms with van der Waals surface area (Å²) >= 11 is 0. The molecule has 0 aromatic heterocycles. The summed E-state index contributed by atoms with van der Waals surface area (Å²) in [6, 6.07) is 14.0. The number of ether oxygens (including phenoxy) is 2. The molecule has 4 nitrogen and oxygen atoms in total. The van der Waals surface area contributed by atoms with Crippen LogP contribution >= 0.6 is 0 Å². The first-order chi connectivity index (χ1) is 11.6. The Kier molecular flexibility index (Phi) is 6.64. The van der Waals surface area contributed by atoms with E-state index in [0.29, 0.717) is 6.54 Å². The summed E-state index contributed by atoms with van der Waals surface area (Å²) in [4.78, 5) is 0. The smallest absolute Gasteiger partial charge is 0.161 e. The summed E-state index contributed by atoms with van der Waals surface area (Å²) in [6.07, 6.45) is 0.385. The molecule has 2 unspecified atom stereocenters. The van der Waals surface area contributed by atoms with Gasteiger partial charge in [0.25, 0.3) is 0 Å². The Labute approximate surface area is 144 Å². The van der Waals surface area contributed by atoms with Crippen LogP contribution in [-0.2, 0) is 0 Å². The summed E-state index contributed by atoms with van der Waals surface area (Å²) in [6.45, 7) is 4.64. The molecule has 2 atom stereocenters. The molecule has 0 aliphatic rings. The van der Waals surface area contributed by atoms with E-state index in [-0.39, 0.29) is 6.04 Å². The van der Waals surface area contributed by atoms with E-state index in [1.54, 1.807) is 14.2 Å². The molecule has 0 spiro atoms. The molecular weight excluding hydrogens is 302 g/mol. The molecule has 4 heteroatoms. The van der Waals surface area contributed by atoms with Gasteiger partial charge < -0.3 is 19.9 Å². The number of rotatable bonds is 8. The van der Waals surface area contributed by atoms with E-state index >= 15 is 0 Å². The average molecular weight is 329 g/mol. The van der Waals surface area contributed by atoms with Gasteiger partial charge in [-0.05, 0) is 42.2 Å². The lowest BCUT2D eigenvalue weighted by molar-refractivity contribution is 0.168. The second-order valence-electron chi connectivity index (χ2n) is 5.86. The van der Waals surface area contributed by atoms with Crippen LogP contribution in [0.5, 0.6) is 11.5 Å². The van der Waals surface area contributed by atoms with E-state index in [2.05, 4.69) is 12.2 Å².